The van der Waals surface area contributed by atoms with Crippen LogP contribution in [-0.2, 0) is 12.8 Å². The van der Waals surface area contributed by atoms with Gasteiger partial charge in [-0.2, -0.15) is 0 Å². The standard InChI is InChI=1S/C25H25N3O4/c1-15(2)26-14-28(27-12-11-21(30)24(31)23(27)25(26)32)22-19-6-4-3-5-16(19)7-8-17-13-18(29)9-10-20(17)22/h3-6,9-13,15,22,29,31H,7-8,14H2,1-2H3. The molecule has 0 spiro atoms. The molecule has 32 heavy (non-hydrogen) atoms. The first kappa shape index (κ1) is 20.2. The number of carbonyl (C=O) groups is 1. The van der Waals surface area contributed by atoms with Gasteiger partial charge in [0.1, 0.15) is 12.4 Å². The average Bonchev–Trinajstić information content (AvgIpc) is 2.93. The fourth-order valence-corrected chi connectivity index (χ4v) is 4.82. The summed E-state index contributed by atoms with van der Waals surface area (Å²) in [5.41, 5.74) is 3.73. The molecule has 2 aliphatic rings. The van der Waals surface area contributed by atoms with Crippen LogP contribution in [0, 0.1) is 0 Å². The van der Waals surface area contributed by atoms with Crippen LogP contribution < -0.4 is 10.4 Å². The zero-order valence-corrected chi connectivity index (χ0v) is 18.0. The van der Waals surface area contributed by atoms with E-state index in [1.165, 1.54) is 11.6 Å². The van der Waals surface area contributed by atoms with E-state index < -0.39 is 11.2 Å². The maximum Gasteiger partial charge on any atom is 0.278 e. The highest BCUT2D eigenvalue weighted by atomic mass is 16.3. The number of hydrogen-bond acceptors (Lipinski definition) is 5. The van der Waals surface area contributed by atoms with Crippen molar-refractivity contribution >= 4 is 5.91 Å². The minimum absolute atomic E-state index is 0.0282. The van der Waals surface area contributed by atoms with Crippen LogP contribution in [0.4, 0.5) is 0 Å². The van der Waals surface area contributed by atoms with Gasteiger partial charge in [-0.05, 0) is 61.1 Å². The van der Waals surface area contributed by atoms with Crippen LogP contribution in [0.5, 0.6) is 11.5 Å². The smallest absolute Gasteiger partial charge is 0.278 e. The number of carbonyl (C=O) groups excluding carboxylic acids is 1. The number of fused-ring (bicyclic) bond motifs is 3. The molecular weight excluding hydrogens is 406 g/mol. The van der Waals surface area contributed by atoms with Gasteiger partial charge in [0.15, 0.2) is 11.4 Å². The number of nitrogens with zero attached hydrogens (tertiary/aromatic N) is 3. The molecule has 164 valence electrons. The van der Waals surface area contributed by atoms with Crippen LogP contribution in [0.15, 0.2) is 59.5 Å². The van der Waals surface area contributed by atoms with E-state index >= 15 is 0 Å². The van der Waals surface area contributed by atoms with Gasteiger partial charge in [-0.1, -0.05) is 30.3 Å². The summed E-state index contributed by atoms with van der Waals surface area (Å²) in [6.07, 6.45) is 3.16. The topological polar surface area (TPSA) is 86.0 Å². The van der Waals surface area contributed by atoms with Crippen LogP contribution >= 0.6 is 0 Å². The van der Waals surface area contributed by atoms with Gasteiger partial charge >= 0.3 is 0 Å². The highest BCUT2D eigenvalue weighted by molar-refractivity contribution is 5.96. The lowest BCUT2D eigenvalue weighted by atomic mass is 9.93. The van der Waals surface area contributed by atoms with E-state index in [4.69, 9.17) is 0 Å². The van der Waals surface area contributed by atoms with Crippen LogP contribution in [0.25, 0.3) is 0 Å². The van der Waals surface area contributed by atoms with E-state index in [0.29, 0.717) is 0 Å². The van der Waals surface area contributed by atoms with E-state index in [1.807, 2.05) is 37.1 Å². The monoisotopic (exact) mass is 431 g/mol. The third-order valence-corrected chi connectivity index (χ3v) is 6.45. The van der Waals surface area contributed by atoms with E-state index in [2.05, 4.69) is 12.1 Å². The molecule has 3 aromatic rings. The number of hydrogen-bond donors (Lipinski definition) is 2. The predicted octanol–water partition coefficient (Wildman–Crippen LogP) is 2.91. The lowest BCUT2D eigenvalue weighted by molar-refractivity contribution is 0.0621. The normalized spacial score (nSPS) is 17.6. The van der Waals surface area contributed by atoms with Crippen LogP contribution in [0.3, 0.4) is 0 Å². The number of rotatable bonds is 2. The largest absolute Gasteiger partial charge is 0.508 e. The Hall–Kier alpha value is -3.74. The van der Waals surface area contributed by atoms with Gasteiger partial charge in [-0.25, -0.2) is 0 Å². The number of phenolic OH excluding ortho intramolecular Hbond substituents is 1. The molecule has 0 radical (unpaired) electrons. The highest BCUT2D eigenvalue weighted by Crippen LogP contribution is 2.39. The molecule has 1 aromatic heterocycles. The van der Waals surface area contributed by atoms with E-state index in [1.54, 1.807) is 27.9 Å². The Kier molecular flexibility index (Phi) is 4.69. The SMILES string of the molecule is CC(C)N1CN(C2c3ccccc3CCc3cc(O)ccc32)n2ccc(=O)c(O)c2C1=O. The maximum atomic E-state index is 13.2. The van der Waals surface area contributed by atoms with Crippen molar-refractivity contribution in [2.24, 2.45) is 0 Å². The molecule has 2 aromatic carbocycles. The third-order valence-electron chi connectivity index (χ3n) is 6.45. The minimum atomic E-state index is -0.582. The second-order valence-electron chi connectivity index (χ2n) is 8.66. The molecule has 1 atom stereocenters. The summed E-state index contributed by atoms with van der Waals surface area (Å²) in [5.74, 6) is -0.701. The van der Waals surface area contributed by atoms with Gasteiger partial charge in [0.2, 0.25) is 5.43 Å². The van der Waals surface area contributed by atoms with Gasteiger partial charge in [-0.3, -0.25) is 19.3 Å². The molecule has 1 amide bonds. The molecule has 0 saturated heterocycles. The van der Waals surface area contributed by atoms with Crippen molar-refractivity contribution in [2.75, 3.05) is 11.7 Å². The molecule has 0 saturated carbocycles. The van der Waals surface area contributed by atoms with Gasteiger partial charge in [0.25, 0.3) is 5.91 Å². The van der Waals surface area contributed by atoms with Crippen molar-refractivity contribution in [3.63, 3.8) is 0 Å². The molecule has 1 aliphatic heterocycles. The summed E-state index contributed by atoms with van der Waals surface area (Å²) in [6.45, 7) is 4.11. The highest BCUT2D eigenvalue weighted by Gasteiger charge is 2.39. The number of benzene rings is 2. The summed E-state index contributed by atoms with van der Waals surface area (Å²) < 4.78 is 1.61. The third kappa shape index (κ3) is 3.04. The molecule has 0 fully saturated rings. The van der Waals surface area contributed by atoms with Gasteiger partial charge in [0.05, 0.1) is 6.04 Å². The van der Waals surface area contributed by atoms with Crippen molar-refractivity contribution in [1.82, 2.24) is 9.58 Å². The number of amides is 1. The van der Waals surface area contributed by atoms with E-state index in [9.17, 15) is 19.8 Å². The Bertz CT molecular complexity index is 1280. The molecule has 2 heterocycles. The number of aromatic nitrogens is 1. The second-order valence-corrected chi connectivity index (χ2v) is 8.66. The first-order chi connectivity index (χ1) is 15.4. The van der Waals surface area contributed by atoms with Crippen molar-refractivity contribution in [1.29, 1.82) is 0 Å². The first-order valence-corrected chi connectivity index (χ1v) is 10.8. The fraction of sp³-hybridized carbons (Fsp3) is 0.280. The molecular formula is C25H25N3O4. The fourth-order valence-electron chi connectivity index (χ4n) is 4.82. The summed E-state index contributed by atoms with van der Waals surface area (Å²) >= 11 is 0. The Balaban J connectivity index is 1.79. The summed E-state index contributed by atoms with van der Waals surface area (Å²) in [6, 6.07) is 14.5. The van der Waals surface area contributed by atoms with Gasteiger partial charge < -0.3 is 15.1 Å². The molecule has 1 unspecified atom stereocenters. The molecule has 7 nitrogen and oxygen atoms in total. The number of aromatic hydroxyl groups is 2. The first-order valence-electron chi connectivity index (χ1n) is 10.8. The van der Waals surface area contributed by atoms with Crippen molar-refractivity contribution in [3.05, 3.63) is 92.9 Å². The van der Waals surface area contributed by atoms with Crippen LogP contribution in [-0.4, -0.2) is 38.4 Å². The zero-order chi connectivity index (χ0) is 22.6. The van der Waals surface area contributed by atoms with Crippen molar-refractivity contribution in [3.8, 4) is 11.5 Å². The van der Waals surface area contributed by atoms with E-state index in [-0.39, 0.29) is 36.1 Å². The Morgan fingerprint density at radius 1 is 0.938 bits per heavy atom. The quantitative estimate of drug-likeness (QED) is 0.652. The summed E-state index contributed by atoms with van der Waals surface area (Å²) in [4.78, 5) is 27.1. The van der Waals surface area contributed by atoms with Crippen LogP contribution in [0.1, 0.15) is 52.6 Å². The van der Waals surface area contributed by atoms with E-state index in [0.717, 1.165) is 29.5 Å². The minimum Gasteiger partial charge on any atom is -0.508 e. The number of phenols is 1. The molecule has 1 aliphatic carbocycles. The molecule has 2 N–H and O–H groups in total. The summed E-state index contributed by atoms with van der Waals surface area (Å²) in [5, 5.41) is 22.7. The summed E-state index contributed by atoms with van der Waals surface area (Å²) in [7, 11) is 0. The Morgan fingerprint density at radius 3 is 2.44 bits per heavy atom. The van der Waals surface area contributed by atoms with Gasteiger partial charge in [-0.15, -0.1) is 0 Å². The zero-order valence-electron chi connectivity index (χ0n) is 18.0. The van der Waals surface area contributed by atoms with Gasteiger partial charge in [0, 0.05) is 18.3 Å². The number of pyridine rings is 1. The molecule has 7 heteroatoms. The Morgan fingerprint density at radius 2 is 1.66 bits per heavy atom. The number of aryl methyl sites for hydroxylation is 2. The second kappa shape index (κ2) is 7.44. The lowest BCUT2D eigenvalue weighted by Gasteiger charge is -2.45. The Labute approximate surface area is 185 Å². The molecule has 5 rings (SSSR count). The average molecular weight is 431 g/mol. The van der Waals surface area contributed by atoms with Crippen molar-refractivity contribution in [2.45, 2.75) is 38.8 Å². The van der Waals surface area contributed by atoms with Crippen LogP contribution in [0.2, 0.25) is 0 Å². The van der Waals surface area contributed by atoms with Crippen molar-refractivity contribution < 1.29 is 15.0 Å². The molecule has 0 bridgehead atoms. The predicted molar refractivity (Wildman–Crippen MR) is 121 cm³/mol. The lowest BCUT2D eigenvalue weighted by Crippen LogP contribution is -2.57. The maximum absolute atomic E-state index is 13.2.